The van der Waals surface area contributed by atoms with E-state index in [1.54, 1.807) is 0 Å². The third-order valence-electron chi connectivity index (χ3n) is 4.45. The molecule has 4 rings (SSSR count). The molecule has 140 valence electrons. The van der Waals surface area contributed by atoms with Crippen molar-refractivity contribution in [3.63, 3.8) is 0 Å². The molecule has 0 unspecified atom stereocenters. The molecule has 1 aromatic carbocycles. The number of benzene rings is 1. The Morgan fingerprint density at radius 3 is 2.63 bits per heavy atom. The second-order valence-corrected chi connectivity index (χ2v) is 6.38. The number of nitrogens with zero attached hydrogens (tertiary/aromatic N) is 5. The number of alkyl halides is 3. The van der Waals surface area contributed by atoms with E-state index >= 15 is 0 Å². The van der Waals surface area contributed by atoms with Gasteiger partial charge in [0.2, 0.25) is 0 Å². The van der Waals surface area contributed by atoms with Gasteiger partial charge >= 0.3 is 6.18 Å². The standard InChI is InChI=1S/C17H15F3N6O/c1-10-8-25(16(27)12-7-13(22-21-12)17(18,19)20)9-14-23-24-15(26(10)14)11-5-3-2-4-6-11/h2-7,10H,8-9H2,1H3,(H,21,22)/t10-/m0/s1. The molecule has 0 fully saturated rings. The Bertz CT molecular complexity index is 978. The van der Waals surface area contributed by atoms with Crippen molar-refractivity contribution in [2.75, 3.05) is 6.54 Å². The highest BCUT2D eigenvalue weighted by molar-refractivity contribution is 5.92. The summed E-state index contributed by atoms with van der Waals surface area (Å²) in [4.78, 5) is 14.0. The molecular weight excluding hydrogens is 361 g/mol. The quantitative estimate of drug-likeness (QED) is 0.746. The maximum atomic E-state index is 12.7. The van der Waals surface area contributed by atoms with Crippen LogP contribution in [0.4, 0.5) is 13.2 Å². The van der Waals surface area contributed by atoms with Gasteiger partial charge in [0.1, 0.15) is 5.69 Å². The number of H-pyrrole nitrogens is 1. The van der Waals surface area contributed by atoms with Gasteiger partial charge in [-0.3, -0.25) is 9.89 Å². The van der Waals surface area contributed by atoms with Gasteiger partial charge in [-0.2, -0.15) is 18.3 Å². The lowest BCUT2D eigenvalue weighted by atomic mass is 10.1. The molecule has 3 aromatic rings. The Labute approximate surface area is 151 Å². The Kier molecular flexibility index (Phi) is 3.97. The first-order chi connectivity index (χ1) is 12.8. The van der Waals surface area contributed by atoms with E-state index in [1.807, 2.05) is 46.9 Å². The zero-order valence-corrected chi connectivity index (χ0v) is 14.2. The van der Waals surface area contributed by atoms with Gasteiger partial charge in [0, 0.05) is 18.2 Å². The summed E-state index contributed by atoms with van der Waals surface area (Å²) in [5.74, 6) is 0.695. The van der Waals surface area contributed by atoms with Crippen LogP contribution in [0.5, 0.6) is 0 Å². The first kappa shape index (κ1) is 17.3. The first-order valence-corrected chi connectivity index (χ1v) is 8.25. The summed E-state index contributed by atoms with van der Waals surface area (Å²) in [6.45, 7) is 2.37. The van der Waals surface area contributed by atoms with E-state index in [-0.39, 0.29) is 18.3 Å². The Hall–Kier alpha value is -3.17. The van der Waals surface area contributed by atoms with Gasteiger partial charge in [-0.05, 0) is 6.92 Å². The number of hydrogen-bond donors (Lipinski definition) is 1. The van der Waals surface area contributed by atoms with Crippen molar-refractivity contribution in [3.05, 3.63) is 53.6 Å². The SMILES string of the molecule is C[C@H]1CN(C(=O)c2cc(C(F)(F)F)[nH]n2)Cc2nnc(-c3ccccc3)n21. The summed E-state index contributed by atoms with van der Waals surface area (Å²) in [7, 11) is 0. The summed E-state index contributed by atoms with van der Waals surface area (Å²) in [6.07, 6.45) is -4.58. The van der Waals surface area contributed by atoms with E-state index in [9.17, 15) is 18.0 Å². The summed E-state index contributed by atoms with van der Waals surface area (Å²) in [6, 6.07) is 10.1. The van der Waals surface area contributed by atoms with Gasteiger partial charge in [-0.25, -0.2) is 0 Å². The minimum atomic E-state index is -4.58. The van der Waals surface area contributed by atoms with Crippen molar-refractivity contribution in [2.45, 2.75) is 25.7 Å². The van der Waals surface area contributed by atoms with Gasteiger partial charge in [-0.15, -0.1) is 10.2 Å². The van der Waals surface area contributed by atoms with Crippen LogP contribution in [0.15, 0.2) is 36.4 Å². The molecule has 2 aromatic heterocycles. The number of amides is 1. The fraction of sp³-hybridized carbons (Fsp3) is 0.294. The topological polar surface area (TPSA) is 79.7 Å². The van der Waals surface area contributed by atoms with Gasteiger partial charge in [0.15, 0.2) is 17.3 Å². The van der Waals surface area contributed by atoms with Crippen molar-refractivity contribution in [3.8, 4) is 11.4 Å². The monoisotopic (exact) mass is 376 g/mol. The molecule has 0 saturated carbocycles. The van der Waals surface area contributed by atoms with Crippen molar-refractivity contribution >= 4 is 5.91 Å². The van der Waals surface area contributed by atoms with Crippen LogP contribution >= 0.6 is 0 Å². The second kappa shape index (κ2) is 6.22. The molecule has 7 nitrogen and oxygen atoms in total. The van der Waals surface area contributed by atoms with Gasteiger partial charge < -0.3 is 9.47 Å². The molecule has 3 heterocycles. The van der Waals surface area contributed by atoms with Gasteiger partial charge in [0.25, 0.3) is 5.91 Å². The molecular formula is C17H15F3N6O. The molecule has 0 radical (unpaired) electrons. The van der Waals surface area contributed by atoms with E-state index in [0.717, 1.165) is 11.6 Å². The van der Waals surface area contributed by atoms with Crippen molar-refractivity contribution in [1.29, 1.82) is 0 Å². The van der Waals surface area contributed by atoms with Crippen LogP contribution < -0.4 is 0 Å². The highest BCUT2D eigenvalue weighted by Gasteiger charge is 2.36. The summed E-state index contributed by atoms with van der Waals surface area (Å²) in [5.41, 5.74) is -0.416. The zero-order valence-electron chi connectivity index (χ0n) is 14.2. The average molecular weight is 376 g/mol. The predicted molar refractivity (Wildman–Crippen MR) is 88.5 cm³/mol. The fourth-order valence-corrected chi connectivity index (χ4v) is 3.21. The highest BCUT2D eigenvalue weighted by Crippen LogP contribution is 2.30. The van der Waals surface area contributed by atoms with Crippen LogP contribution in [0.25, 0.3) is 11.4 Å². The molecule has 0 spiro atoms. The van der Waals surface area contributed by atoms with Crippen molar-refractivity contribution in [2.24, 2.45) is 0 Å². The van der Waals surface area contributed by atoms with Crippen molar-refractivity contribution < 1.29 is 18.0 Å². The van der Waals surface area contributed by atoms with Crippen LogP contribution in [0.3, 0.4) is 0 Å². The molecule has 1 aliphatic heterocycles. The molecule has 1 aliphatic rings. The number of nitrogens with one attached hydrogen (secondary N) is 1. The van der Waals surface area contributed by atoms with Crippen LogP contribution in [0.2, 0.25) is 0 Å². The number of hydrogen-bond acceptors (Lipinski definition) is 4. The average Bonchev–Trinajstić information content (AvgIpc) is 3.29. The summed E-state index contributed by atoms with van der Waals surface area (Å²) in [5, 5.41) is 13.8. The van der Waals surface area contributed by atoms with Crippen LogP contribution in [-0.2, 0) is 12.7 Å². The smallest absolute Gasteiger partial charge is 0.328 e. The largest absolute Gasteiger partial charge is 0.432 e. The normalized spacial score (nSPS) is 17.0. The van der Waals surface area contributed by atoms with E-state index in [4.69, 9.17) is 0 Å². The fourth-order valence-electron chi connectivity index (χ4n) is 3.21. The summed E-state index contributed by atoms with van der Waals surface area (Å²) < 4.78 is 40.1. The lowest BCUT2D eigenvalue weighted by molar-refractivity contribution is -0.141. The Morgan fingerprint density at radius 2 is 1.96 bits per heavy atom. The molecule has 1 amide bonds. The molecule has 0 saturated heterocycles. The molecule has 27 heavy (non-hydrogen) atoms. The van der Waals surface area contributed by atoms with Gasteiger partial charge in [0.05, 0.1) is 12.6 Å². The number of aromatic nitrogens is 5. The molecule has 1 atom stereocenters. The number of halogens is 3. The molecule has 0 aliphatic carbocycles. The van der Waals surface area contributed by atoms with E-state index in [0.29, 0.717) is 18.2 Å². The number of carbonyl (C=O) groups is 1. The van der Waals surface area contributed by atoms with Crippen LogP contribution in [0, 0.1) is 0 Å². The molecule has 10 heteroatoms. The van der Waals surface area contributed by atoms with Crippen LogP contribution in [0.1, 0.15) is 35.0 Å². The maximum Gasteiger partial charge on any atom is 0.432 e. The number of rotatable bonds is 2. The first-order valence-electron chi connectivity index (χ1n) is 8.25. The minimum absolute atomic E-state index is 0.135. The number of fused-ring (bicyclic) bond motifs is 1. The van der Waals surface area contributed by atoms with Crippen molar-refractivity contribution in [1.82, 2.24) is 29.9 Å². The number of aromatic amines is 1. The summed E-state index contributed by atoms with van der Waals surface area (Å²) >= 11 is 0. The molecule has 1 N–H and O–H groups in total. The second-order valence-electron chi connectivity index (χ2n) is 6.38. The molecule has 0 bridgehead atoms. The third-order valence-corrected chi connectivity index (χ3v) is 4.45. The maximum absolute atomic E-state index is 12.7. The van der Waals surface area contributed by atoms with E-state index < -0.39 is 17.8 Å². The third kappa shape index (κ3) is 3.07. The Balaban J connectivity index is 1.60. The lowest BCUT2D eigenvalue weighted by Gasteiger charge is -2.32. The van der Waals surface area contributed by atoms with Crippen LogP contribution in [-0.4, -0.2) is 42.3 Å². The Morgan fingerprint density at radius 1 is 1.22 bits per heavy atom. The zero-order chi connectivity index (χ0) is 19.2. The lowest BCUT2D eigenvalue weighted by Crippen LogP contribution is -2.40. The number of carbonyl (C=O) groups excluding carboxylic acids is 1. The predicted octanol–water partition coefficient (Wildman–Crippen LogP) is 2.90. The minimum Gasteiger partial charge on any atom is -0.328 e. The van der Waals surface area contributed by atoms with E-state index in [2.05, 4.69) is 15.3 Å². The highest BCUT2D eigenvalue weighted by atomic mass is 19.4. The van der Waals surface area contributed by atoms with Gasteiger partial charge in [-0.1, -0.05) is 30.3 Å². The van der Waals surface area contributed by atoms with E-state index in [1.165, 1.54) is 4.90 Å².